The molecule has 1 rings (SSSR count). The van der Waals surface area contributed by atoms with Crippen LogP contribution in [0.4, 0.5) is 5.69 Å². The van der Waals surface area contributed by atoms with Crippen molar-refractivity contribution in [2.24, 2.45) is 0 Å². The highest BCUT2D eigenvalue weighted by Crippen LogP contribution is 2.23. The van der Waals surface area contributed by atoms with Gasteiger partial charge < -0.3 is 10.4 Å². The number of phenols is 1. The van der Waals surface area contributed by atoms with Crippen LogP contribution in [0, 0.1) is 11.3 Å². The minimum Gasteiger partial charge on any atom is -0.508 e. The molecule has 0 aliphatic carbocycles. The van der Waals surface area contributed by atoms with Gasteiger partial charge in [-0.1, -0.05) is 13.8 Å². The summed E-state index contributed by atoms with van der Waals surface area (Å²) in [5.41, 5.74) is 1.36. The van der Waals surface area contributed by atoms with E-state index < -0.39 is 0 Å². The Hall–Kier alpha value is -2.06. The van der Waals surface area contributed by atoms with Crippen molar-refractivity contribution < 1.29 is 9.90 Å². The first-order valence-electron chi connectivity index (χ1n) is 6.31. The number of carbonyl (C=O) groups is 1. The molecule has 102 valence electrons. The summed E-state index contributed by atoms with van der Waals surface area (Å²) in [5, 5.41) is 20.9. The number of hydrogen-bond acceptors (Lipinski definition) is 4. The lowest BCUT2D eigenvalue weighted by atomic mass is 10.1. The molecule has 0 aromatic heterocycles. The lowest BCUT2D eigenvalue weighted by molar-refractivity contribution is -0.115. The fourth-order valence-corrected chi connectivity index (χ4v) is 1.76. The van der Waals surface area contributed by atoms with Gasteiger partial charge in [-0.3, -0.25) is 9.69 Å². The molecule has 1 aromatic carbocycles. The lowest BCUT2D eigenvalue weighted by Crippen LogP contribution is -2.22. The van der Waals surface area contributed by atoms with E-state index in [0.29, 0.717) is 12.2 Å². The van der Waals surface area contributed by atoms with E-state index in [2.05, 4.69) is 24.1 Å². The minimum atomic E-state index is -0.345. The molecule has 0 fully saturated rings. The number of phenolic OH excluding ortho intramolecular Hbond substituents is 1. The van der Waals surface area contributed by atoms with Crippen molar-refractivity contribution in [2.75, 3.05) is 18.4 Å². The zero-order valence-corrected chi connectivity index (χ0v) is 11.3. The highest BCUT2D eigenvalue weighted by Gasteiger charge is 2.08. The first-order valence-corrected chi connectivity index (χ1v) is 6.31. The van der Waals surface area contributed by atoms with E-state index in [-0.39, 0.29) is 18.1 Å². The van der Waals surface area contributed by atoms with Crippen LogP contribution in [0.1, 0.15) is 25.8 Å². The maximum absolute atomic E-state index is 11.3. The van der Waals surface area contributed by atoms with E-state index >= 15 is 0 Å². The molecule has 0 bridgehead atoms. The number of anilines is 1. The number of nitrogens with zero attached hydrogens (tertiary/aromatic N) is 2. The van der Waals surface area contributed by atoms with Crippen LogP contribution < -0.4 is 5.32 Å². The largest absolute Gasteiger partial charge is 0.508 e. The monoisotopic (exact) mass is 261 g/mol. The van der Waals surface area contributed by atoms with Crippen molar-refractivity contribution in [3.05, 3.63) is 23.8 Å². The van der Waals surface area contributed by atoms with E-state index in [4.69, 9.17) is 5.26 Å². The van der Waals surface area contributed by atoms with Crippen molar-refractivity contribution in [1.29, 1.82) is 5.26 Å². The van der Waals surface area contributed by atoms with Crippen LogP contribution in [0.2, 0.25) is 0 Å². The summed E-state index contributed by atoms with van der Waals surface area (Å²) in [6.45, 7) is 6.51. The second kappa shape index (κ2) is 7.39. The summed E-state index contributed by atoms with van der Waals surface area (Å²) >= 11 is 0. The van der Waals surface area contributed by atoms with Gasteiger partial charge in [-0.05, 0) is 31.3 Å². The molecule has 0 heterocycles. The Kier molecular flexibility index (Phi) is 5.83. The first kappa shape index (κ1) is 15.0. The molecule has 0 saturated carbocycles. The number of rotatable bonds is 6. The number of amides is 1. The van der Waals surface area contributed by atoms with Crippen LogP contribution in [-0.2, 0) is 11.3 Å². The SMILES string of the molecule is CCN(CC)Cc1cc(NC(=O)CC#N)ccc1O. The van der Waals surface area contributed by atoms with Gasteiger partial charge in [-0.25, -0.2) is 0 Å². The quantitative estimate of drug-likeness (QED) is 0.769. The van der Waals surface area contributed by atoms with Crippen LogP contribution in [0.25, 0.3) is 0 Å². The molecular weight excluding hydrogens is 242 g/mol. The average molecular weight is 261 g/mol. The highest BCUT2D eigenvalue weighted by molar-refractivity contribution is 5.92. The van der Waals surface area contributed by atoms with Gasteiger partial charge in [0.15, 0.2) is 0 Å². The second-order valence-electron chi connectivity index (χ2n) is 4.19. The van der Waals surface area contributed by atoms with Gasteiger partial charge in [0.1, 0.15) is 12.2 Å². The van der Waals surface area contributed by atoms with E-state index in [1.54, 1.807) is 24.3 Å². The van der Waals surface area contributed by atoms with E-state index in [9.17, 15) is 9.90 Å². The van der Waals surface area contributed by atoms with Crippen molar-refractivity contribution in [3.8, 4) is 11.8 Å². The molecule has 5 nitrogen and oxygen atoms in total. The number of benzene rings is 1. The summed E-state index contributed by atoms with van der Waals surface area (Å²) in [5.74, 6) is -0.132. The molecule has 0 aliphatic heterocycles. The molecule has 5 heteroatoms. The van der Waals surface area contributed by atoms with Gasteiger partial charge in [-0.2, -0.15) is 5.26 Å². The summed E-state index contributed by atoms with van der Waals surface area (Å²) in [4.78, 5) is 13.5. The Morgan fingerprint density at radius 3 is 2.68 bits per heavy atom. The molecule has 0 unspecified atom stereocenters. The molecule has 2 N–H and O–H groups in total. The summed E-state index contributed by atoms with van der Waals surface area (Å²) < 4.78 is 0. The molecule has 0 atom stereocenters. The average Bonchev–Trinajstić information content (AvgIpc) is 2.39. The van der Waals surface area contributed by atoms with Crippen molar-refractivity contribution in [3.63, 3.8) is 0 Å². The van der Waals surface area contributed by atoms with Crippen LogP contribution in [-0.4, -0.2) is 29.0 Å². The first-order chi connectivity index (χ1) is 9.10. The summed E-state index contributed by atoms with van der Waals surface area (Å²) in [7, 11) is 0. The van der Waals surface area contributed by atoms with Crippen LogP contribution >= 0.6 is 0 Å². The van der Waals surface area contributed by atoms with E-state index in [0.717, 1.165) is 18.7 Å². The molecule has 0 saturated heterocycles. The van der Waals surface area contributed by atoms with Gasteiger partial charge in [0.25, 0.3) is 0 Å². The molecular formula is C14H19N3O2. The van der Waals surface area contributed by atoms with Crippen LogP contribution in [0.5, 0.6) is 5.75 Å². The predicted octanol–water partition coefficient (Wildman–Crippen LogP) is 2.09. The van der Waals surface area contributed by atoms with Gasteiger partial charge in [-0.15, -0.1) is 0 Å². The normalized spacial score (nSPS) is 10.2. The number of hydrogen-bond donors (Lipinski definition) is 2. The third-order valence-corrected chi connectivity index (χ3v) is 2.89. The molecule has 0 radical (unpaired) electrons. The molecule has 1 amide bonds. The van der Waals surface area contributed by atoms with Crippen LogP contribution in [0.3, 0.4) is 0 Å². The topological polar surface area (TPSA) is 76.4 Å². The maximum Gasteiger partial charge on any atom is 0.238 e. The second-order valence-corrected chi connectivity index (χ2v) is 4.19. The van der Waals surface area contributed by atoms with E-state index in [1.807, 2.05) is 0 Å². The standard InChI is InChI=1S/C14H19N3O2/c1-3-17(4-2)10-11-9-12(5-6-13(11)18)16-14(19)7-8-15/h5-6,9,18H,3-4,7,10H2,1-2H3,(H,16,19). The Balaban J connectivity index is 2.82. The van der Waals surface area contributed by atoms with Crippen molar-refractivity contribution in [2.45, 2.75) is 26.8 Å². The smallest absolute Gasteiger partial charge is 0.238 e. The number of nitriles is 1. The fourth-order valence-electron chi connectivity index (χ4n) is 1.76. The third-order valence-electron chi connectivity index (χ3n) is 2.89. The minimum absolute atomic E-state index is 0.174. The molecule has 19 heavy (non-hydrogen) atoms. The maximum atomic E-state index is 11.3. The van der Waals surface area contributed by atoms with Gasteiger partial charge in [0, 0.05) is 17.8 Å². The van der Waals surface area contributed by atoms with Gasteiger partial charge >= 0.3 is 0 Å². The fraction of sp³-hybridized carbons (Fsp3) is 0.429. The molecule has 1 aromatic rings. The number of carbonyl (C=O) groups excluding carboxylic acids is 1. The predicted molar refractivity (Wildman–Crippen MR) is 73.6 cm³/mol. The van der Waals surface area contributed by atoms with Gasteiger partial charge in [0.2, 0.25) is 5.91 Å². The van der Waals surface area contributed by atoms with E-state index in [1.165, 1.54) is 0 Å². The number of aromatic hydroxyl groups is 1. The number of nitrogens with one attached hydrogen (secondary N) is 1. The zero-order valence-electron chi connectivity index (χ0n) is 11.3. The summed E-state index contributed by atoms with van der Waals surface area (Å²) in [6, 6.07) is 6.71. The van der Waals surface area contributed by atoms with Gasteiger partial charge in [0.05, 0.1) is 6.07 Å². The Morgan fingerprint density at radius 1 is 1.42 bits per heavy atom. The highest BCUT2D eigenvalue weighted by atomic mass is 16.3. The summed E-state index contributed by atoms with van der Waals surface area (Å²) in [6.07, 6.45) is -0.174. The zero-order chi connectivity index (χ0) is 14.3. The molecule has 0 aliphatic rings. The Bertz CT molecular complexity index is 476. The van der Waals surface area contributed by atoms with Crippen molar-refractivity contribution in [1.82, 2.24) is 4.90 Å². The Labute approximate surface area is 113 Å². The van der Waals surface area contributed by atoms with Crippen LogP contribution in [0.15, 0.2) is 18.2 Å². The Morgan fingerprint density at radius 2 is 2.11 bits per heavy atom. The van der Waals surface area contributed by atoms with Crippen molar-refractivity contribution >= 4 is 11.6 Å². The molecule has 0 spiro atoms. The third kappa shape index (κ3) is 4.60. The lowest BCUT2D eigenvalue weighted by Gasteiger charge is -2.19.